The monoisotopic (exact) mass is 153 g/mol. The lowest BCUT2D eigenvalue weighted by molar-refractivity contribution is 0.956. The highest BCUT2D eigenvalue weighted by molar-refractivity contribution is 5.30. The zero-order valence-corrected chi connectivity index (χ0v) is 6.42. The van der Waals surface area contributed by atoms with Crippen molar-refractivity contribution in [2.75, 3.05) is 11.9 Å². The van der Waals surface area contributed by atoms with Crippen molar-refractivity contribution in [3.63, 3.8) is 0 Å². The largest absolute Gasteiger partial charge is 0.371 e. The molecule has 1 rings (SSSR count). The molecule has 0 atom stereocenters. The molecule has 0 aromatic carbocycles. The van der Waals surface area contributed by atoms with Crippen LogP contribution in [0.4, 0.5) is 5.82 Å². The van der Waals surface area contributed by atoms with Gasteiger partial charge in [0.05, 0.1) is 0 Å². The van der Waals surface area contributed by atoms with Crippen molar-refractivity contribution in [3.8, 4) is 0 Å². The van der Waals surface area contributed by atoms with E-state index < -0.39 is 0 Å². The third-order valence-corrected chi connectivity index (χ3v) is 1.24. The maximum absolute atomic E-state index is 10.6. The van der Waals surface area contributed by atoms with Gasteiger partial charge < -0.3 is 5.32 Å². The minimum Gasteiger partial charge on any atom is -0.371 e. The van der Waals surface area contributed by atoms with Gasteiger partial charge in [-0.3, -0.25) is 4.98 Å². The van der Waals surface area contributed by atoms with Crippen molar-refractivity contribution in [3.05, 3.63) is 22.7 Å². The van der Waals surface area contributed by atoms with Gasteiger partial charge in [0.2, 0.25) is 0 Å². The number of aromatic nitrogens is 2. The summed E-state index contributed by atoms with van der Waals surface area (Å²) in [6, 6.07) is 1.73. The van der Waals surface area contributed by atoms with Crippen LogP contribution in [0.2, 0.25) is 0 Å². The van der Waals surface area contributed by atoms with E-state index in [1.165, 1.54) is 6.20 Å². The van der Waals surface area contributed by atoms with Crippen molar-refractivity contribution < 1.29 is 0 Å². The summed E-state index contributed by atoms with van der Waals surface area (Å²) >= 11 is 0. The molecule has 2 N–H and O–H groups in total. The van der Waals surface area contributed by atoms with Gasteiger partial charge in [-0.2, -0.15) is 0 Å². The van der Waals surface area contributed by atoms with Gasteiger partial charge in [0.15, 0.2) is 0 Å². The molecular formula is C7H11N3O. The quantitative estimate of drug-likeness (QED) is 0.668. The second-order valence-electron chi connectivity index (χ2n) is 2.22. The zero-order valence-electron chi connectivity index (χ0n) is 6.42. The lowest BCUT2D eigenvalue weighted by Crippen LogP contribution is -2.12. The minimum absolute atomic E-state index is 0.314. The molecule has 0 aliphatic rings. The van der Waals surface area contributed by atoms with E-state index in [-0.39, 0.29) is 5.69 Å². The van der Waals surface area contributed by atoms with E-state index in [2.05, 4.69) is 22.2 Å². The summed E-state index contributed by atoms with van der Waals surface area (Å²) in [5, 5.41) is 3.04. The number of nitrogens with one attached hydrogen (secondary N) is 2. The molecule has 0 unspecified atom stereocenters. The summed E-state index contributed by atoms with van der Waals surface area (Å²) in [6.45, 7) is 2.92. The van der Waals surface area contributed by atoms with Crippen LogP contribution in [0.1, 0.15) is 13.3 Å². The lowest BCUT2D eigenvalue weighted by Gasteiger charge is -2.01. The van der Waals surface area contributed by atoms with Crippen molar-refractivity contribution in [2.45, 2.75) is 13.3 Å². The van der Waals surface area contributed by atoms with Gasteiger partial charge in [0.25, 0.3) is 0 Å². The molecule has 0 aliphatic carbocycles. The summed E-state index contributed by atoms with van der Waals surface area (Å²) < 4.78 is 0. The lowest BCUT2D eigenvalue weighted by atomic mass is 10.5. The Balaban J connectivity index is 2.64. The van der Waals surface area contributed by atoms with Crippen LogP contribution in [0, 0.1) is 0 Å². The molecular weight excluding hydrogens is 142 g/mol. The van der Waals surface area contributed by atoms with Crippen LogP contribution in [-0.4, -0.2) is 16.5 Å². The fourth-order valence-corrected chi connectivity index (χ4v) is 0.731. The highest BCUT2D eigenvalue weighted by Gasteiger charge is 1.89. The standard InChI is InChI=1S/C7H11N3O/c1-2-4-8-6-3-5-9-7(11)10-6/h3,5H,2,4H2,1H3,(H2,8,9,10,11). The molecule has 1 heterocycles. The Morgan fingerprint density at radius 1 is 1.73 bits per heavy atom. The first-order valence-corrected chi connectivity index (χ1v) is 3.62. The van der Waals surface area contributed by atoms with Crippen LogP contribution < -0.4 is 11.0 Å². The van der Waals surface area contributed by atoms with E-state index in [1.54, 1.807) is 6.07 Å². The smallest absolute Gasteiger partial charge is 0.346 e. The number of hydrogen-bond acceptors (Lipinski definition) is 3. The van der Waals surface area contributed by atoms with Gasteiger partial charge in [-0.1, -0.05) is 6.92 Å². The molecule has 0 amide bonds. The van der Waals surface area contributed by atoms with E-state index in [4.69, 9.17) is 0 Å². The molecule has 60 valence electrons. The molecule has 0 bridgehead atoms. The molecule has 4 heteroatoms. The first-order valence-electron chi connectivity index (χ1n) is 3.62. The predicted octanol–water partition coefficient (Wildman–Crippen LogP) is 0.592. The number of aromatic amines is 1. The van der Waals surface area contributed by atoms with Gasteiger partial charge >= 0.3 is 5.69 Å². The van der Waals surface area contributed by atoms with E-state index in [0.717, 1.165) is 18.8 Å². The molecule has 0 fully saturated rings. The maximum Gasteiger partial charge on any atom is 0.346 e. The first kappa shape index (κ1) is 7.78. The number of rotatable bonds is 3. The van der Waals surface area contributed by atoms with Gasteiger partial charge in [0, 0.05) is 12.7 Å². The van der Waals surface area contributed by atoms with Crippen LogP contribution in [-0.2, 0) is 0 Å². The Morgan fingerprint density at radius 3 is 3.18 bits per heavy atom. The third-order valence-electron chi connectivity index (χ3n) is 1.24. The van der Waals surface area contributed by atoms with Crippen molar-refractivity contribution in [1.82, 2.24) is 9.97 Å². The Morgan fingerprint density at radius 2 is 2.55 bits per heavy atom. The van der Waals surface area contributed by atoms with Crippen LogP contribution in [0.15, 0.2) is 17.1 Å². The fraction of sp³-hybridized carbons (Fsp3) is 0.429. The van der Waals surface area contributed by atoms with Crippen molar-refractivity contribution >= 4 is 5.82 Å². The topological polar surface area (TPSA) is 57.8 Å². The van der Waals surface area contributed by atoms with Crippen molar-refractivity contribution in [1.29, 1.82) is 0 Å². The molecule has 0 saturated carbocycles. The highest BCUT2D eigenvalue weighted by atomic mass is 16.1. The average Bonchev–Trinajstić information content (AvgIpc) is 2.01. The Hall–Kier alpha value is -1.32. The average molecular weight is 153 g/mol. The SMILES string of the molecule is CCCNc1ccnc(=O)[nH]1. The fourth-order valence-electron chi connectivity index (χ4n) is 0.731. The summed E-state index contributed by atoms with van der Waals surface area (Å²) in [5.74, 6) is 0.729. The van der Waals surface area contributed by atoms with Crippen LogP contribution in [0.5, 0.6) is 0 Å². The predicted molar refractivity (Wildman–Crippen MR) is 43.6 cm³/mol. The van der Waals surface area contributed by atoms with Gasteiger partial charge in [-0.05, 0) is 12.5 Å². The number of nitrogens with zero attached hydrogens (tertiary/aromatic N) is 1. The molecule has 1 aromatic heterocycles. The maximum atomic E-state index is 10.6. The molecule has 11 heavy (non-hydrogen) atoms. The second-order valence-corrected chi connectivity index (χ2v) is 2.22. The Bertz CT molecular complexity index is 268. The number of hydrogen-bond donors (Lipinski definition) is 2. The van der Waals surface area contributed by atoms with E-state index in [0.29, 0.717) is 0 Å². The summed E-state index contributed by atoms with van der Waals surface area (Å²) in [6.07, 6.45) is 2.52. The van der Waals surface area contributed by atoms with Gasteiger partial charge in [-0.15, -0.1) is 0 Å². The zero-order chi connectivity index (χ0) is 8.10. The van der Waals surface area contributed by atoms with Crippen LogP contribution >= 0.6 is 0 Å². The Labute approximate surface area is 64.7 Å². The summed E-state index contributed by atoms with van der Waals surface area (Å²) in [5.41, 5.74) is -0.314. The summed E-state index contributed by atoms with van der Waals surface area (Å²) in [4.78, 5) is 16.7. The van der Waals surface area contributed by atoms with Gasteiger partial charge in [-0.25, -0.2) is 9.78 Å². The van der Waals surface area contributed by atoms with E-state index >= 15 is 0 Å². The molecule has 4 nitrogen and oxygen atoms in total. The molecule has 1 aromatic rings. The van der Waals surface area contributed by atoms with Gasteiger partial charge in [0.1, 0.15) is 5.82 Å². The summed E-state index contributed by atoms with van der Waals surface area (Å²) in [7, 11) is 0. The second kappa shape index (κ2) is 3.75. The third kappa shape index (κ3) is 2.41. The molecule has 0 spiro atoms. The molecule has 0 aliphatic heterocycles. The normalized spacial score (nSPS) is 9.55. The van der Waals surface area contributed by atoms with Crippen molar-refractivity contribution in [2.24, 2.45) is 0 Å². The van der Waals surface area contributed by atoms with Crippen LogP contribution in [0.25, 0.3) is 0 Å². The van der Waals surface area contributed by atoms with E-state index in [1.807, 2.05) is 0 Å². The minimum atomic E-state index is -0.314. The molecule has 0 radical (unpaired) electrons. The van der Waals surface area contributed by atoms with E-state index in [9.17, 15) is 4.79 Å². The number of H-pyrrole nitrogens is 1. The van der Waals surface area contributed by atoms with Crippen LogP contribution in [0.3, 0.4) is 0 Å². The number of anilines is 1. The first-order chi connectivity index (χ1) is 5.33. The molecule has 0 saturated heterocycles. The Kier molecular flexibility index (Phi) is 2.66. The highest BCUT2D eigenvalue weighted by Crippen LogP contribution is 1.94.